The molecule has 0 radical (unpaired) electrons. The van der Waals surface area contributed by atoms with Gasteiger partial charge in [-0.05, 0) is 50.5 Å². The van der Waals surface area contributed by atoms with E-state index in [9.17, 15) is 0 Å². The first-order valence-electron chi connectivity index (χ1n) is 7.06. The van der Waals surface area contributed by atoms with Crippen molar-refractivity contribution in [2.75, 3.05) is 6.54 Å². The Morgan fingerprint density at radius 2 is 1.60 bits per heavy atom. The average molecular weight is 211 g/mol. The molecule has 0 aromatic heterocycles. The molecule has 0 aliphatic heterocycles. The minimum Gasteiger partial charge on any atom is -0.313 e. The van der Waals surface area contributed by atoms with Crippen molar-refractivity contribution in [3.8, 4) is 0 Å². The number of nitrogens with one attached hydrogen (secondary N) is 1. The predicted octanol–water partition coefficient (Wildman–Crippen LogP) is 3.98. The standard InChI is InChI=1S/C14H29N/c1-4-7-12(8-5-2)14(13-9-10-13)15-11-6-3/h12-15H,4-11H2,1-3H3. The summed E-state index contributed by atoms with van der Waals surface area (Å²) < 4.78 is 0. The van der Waals surface area contributed by atoms with Crippen molar-refractivity contribution in [2.45, 2.75) is 71.8 Å². The van der Waals surface area contributed by atoms with E-state index >= 15 is 0 Å². The first-order chi connectivity index (χ1) is 7.33. The Hall–Kier alpha value is -0.0400. The molecule has 0 spiro atoms. The Balaban J connectivity index is 2.40. The molecule has 1 aliphatic carbocycles. The van der Waals surface area contributed by atoms with Gasteiger partial charge in [0.25, 0.3) is 0 Å². The van der Waals surface area contributed by atoms with E-state index in [1.54, 1.807) is 0 Å². The van der Waals surface area contributed by atoms with E-state index in [0.29, 0.717) is 0 Å². The van der Waals surface area contributed by atoms with Crippen molar-refractivity contribution < 1.29 is 0 Å². The third-order valence-corrected chi connectivity index (χ3v) is 3.59. The molecule has 0 heterocycles. The quantitative estimate of drug-likeness (QED) is 0.608. The highest BCUT2D eigenvalue weighted by molar-refractivity contribution is 4.90. The largest absolute Gasteiger partial charge is 0.313 e. The highest BCUT2D eigenvalue weighted by Gasteiger charge is 2.34. The summed E-state index contributed by atoms with van der Waals surface area (Å²) in [5.41, 5.74) is 0. The van der Waals surface area contributed by atoms with Crippen LogP contribution in [0, 0.1) is 11.8 Å². The monoisotopic (exact) mass is 211 g/mol. The van der Waals surface area contributed by atoms with Crippen LogP contribution in [0.3, 0.4) is 0 Å². The summed E-state index contributed by atoms with van der Waals surface area (Å²) in [7, 11) is 0. The minimum absolute atomic E-state index is 0.838. The Morgan fingerprint density at radius 3 is 2.00 bits per heavy atom. The molecule has 0 bridgehead atoms. The maximum Gasteiger partial charge on any atom is 0.0124 e. The van der Waals surface area contributed by atoms with Gasteiger partial charge in [-0.3, -0.25) is 0 Å². The Labute approximate surface area is 96.0 Å². The smallest absolute Gasteiger partial charge is 0.0124 e. The molecule has 0 amide bonds. The average Bonchev–Trinajstić information content (AvgIpc) is 3.03. The lowest BCUT2D eigenvalue weighted by Crippen LogP contribution is -2.38. The van der Waals surface area contributed by atoms with Gasteiger partial charge in [0.2, 0.25) is 0 Å². The topological polar surface area (TPSA) is 12.0 Å². The van der Waals surface area contributed by atoms with Crippen molar-refractivity contribution in [3.63, 3.8) is 0 Å². The summed E-state index contributed by atoms with van der Waals surface area (Å²) >= 11 is 0. The third kappa shape index (κ3) is 4.55. The van der Waals surface area contributed by atoms with Crippen LogP contribution in [0.25, 0.3) is 0 Å². The van der Waals surface area contributed by atoms with Gasteiger partial charge in [0.05, 0.1) is 0 Å². The van der Waals surface area contributed by atoms with Crippen molar-refractivity contribution in [1.82, 2.24) is 5.32 Å². The number of rotatable bonds is 9. The molecule has 0 aromatic carbocycles. The van der Waals surface area contributed by atoms with Gasteiger partial charge in [0, 0.05) is 6.04 Å². The second-order valence-corrected chi connectivity index (χ2v) is 5.15. The molecule has 1 heteroatoms. The fraction of sp³-hybridized carbons (Fsp3) is 1.00. The molecule has 1 N–H and O–H groups in total. The lowest BCUT2D eigenvalue weighted by atomic mass is 9.87. The normalized spacial score (nSPS) is 18.4. The Kier molecular flexibility index (Phi) is 6.31. The molecular formula is C14H29N. The van der Waals surface area contributed by atoms with Crippen LogP contribution in [-0.2, 0) is 0 Å². The van der Waals surface area contributed by atoms with Crippen LogP contribution in [0.1, 0.15) is 65.7 Å². The summed E-state index contributed by atoms with van der Waals surface area (Å²) in [6.07, 6.45) is 9.77. The van der Waals surface area contributed by atoms with Gasteiger partial charge in [-0.2, -0.15) is 0 Å². The lowest BCUT2D eigenvalue weighted by molar-refractivity contribution is 0.284. The van der Waals surface area contributed by atoms with Gasteiger partial charge < -0.3 is 5.32 Å². The first kappa shape index (κ1) is 13.0. The van der Waals surface area contributed by atoms with Crippen LogP contribution < -0.4 is 5.32 Å². The molecule has 90 valence electrons. The molecule has 0 aromatic rings. The van der Waals surface area contributed by atoms with Crippen LogP contribution in [0.5, 0.6) is 0 Å². The summed E-state index contributed by atoms with van der Waals surface area (Å²) in [5, 5.41) is 3.80. The van der Waals surface area contributed by atoms with Gasteiger partial charge in [0.1, 0.15) is 0 Å². The van der Waals surface area contributed by atoms with Crippen LogP contribution in [0.2, 0.25) is 0 Å². The Morgan fingerprint density at radius 1 is 1.00 bits per heavy atom. The third-order valence-electron chi connectivity index (χ3n) is 3.59. The fourth-order valence-electron chi connectivity index (χ4n) is 2.73. The number of hydrogen-bond acceptors (Lipinski definition) is 1. The Bertz CT molecular complexity index is 145. The summed E-state index contributed by atoms with van der Waals surface area (Å²) in [6, 6.07) is 0.838. The highest BCUT2D eigenvalue weighted by Crippen LogP contribution is 2.38. The molecule has 1 fully saturated rings. The van der Waals surface area contributed by atoms with E-state index < -0.39 is 0 Å². The summed E-state index contributed by atoms with van der Waals surface area (Å²) in [6.45, 7) is 8.13. The van der Waals surface area contributed by atoms with Crippen molar-refractivity contribution in [1.29, 1.82) is 0 Å². The zero-order chi connectivity index (χ0) is 11.1. The fourth-order valence-corrected chi connectivity index (χ4v) is 2.73. The second kappa shape index (κ2) is 7.27. The van der Waals surface area contributed by atoms with Crippen molar-refractivity contribution in [2.24, 2.45) is 11.8 Å². The molecule has 15 heavy (non-hydrogen) atoms. The van der Waals surface area contributed by atoms with Gasteiger partial charge >= 0.3 is 0 Å². The van der Waals surface area contributed by atoms with Crippen LogP contribution in [-0.4, -0.2) is 12.6 Å². The molecule has 1 rings (SSSR count). The molecular weight excluding hydrogens is 182 g/mol. The van der Waals surface area contributed by atoms with Gasteiger partial charge in [-0.25, -0.2) is 0 Å². The van der Waals surface area contributed by atoms with E-state index in [0.717, 1.165) is 17.9 Å². The van der Waals surface area contributed by atoms with Crippen LogP contribution >= 0.6 is 0 Å². The van der Waals surface area contributed by atoms with E-state index in [4.69, 9.17) is 0 Å². The van der Waals surface area contributed by atoms with Crippen LogP contribution in [0.4, 0.5) is 0 Å². The van der Waals surface area contributed by atoms with E-state index in [1.807, 2.05) is 0 Å². The molecule has 0 saturated heterocycles. The summed E-state index contributed by atoms with van der Waals surface area (Å²) in [5.74, 6) is 1.96. The lowest BCUT2D eigenvalue weighted by Gasteiger charge is -2.28. The van der Waals surface area contributed by atoms with Crippen molar-refractivity contribution >= 4 is 0 Å². The number of hydrogen-bond donors (Lipinski definition) is 1. The summed E-state index contributed by atoms with van der Waals surface area (Å²) in [4.78, 5) is 0. The van der Waals surface area contributed by atoms with Crippen molar-refractivity contribution in [3.05, 3.63) is 0 Å². The van der Waals surface area contributed by atoms with Gasteiger partial charge in [-0.1, -0.05) is 33.6 Å². The minimum atomic E-state index is 0.838. The molecule has 1 atom stereocenters. The van der Waals surface area contributed by atoms with E-state index in [2.05, 4.69) is 26.1 Å². The first-order valence-corrected chi connectivity index (χ1v) is 7.06. The zero-order valence-corrected chi connectivity index (χ0v) is 10.9. The van der Waals surface area contributed by atoms with Gasteiger partial charge in [-0.15, -0.1) is 0 Å². The molecule has 1 saturated carbocycles. The van der Waals surface area contributed by atoms with Crippen LogP contribution in [0.15, 0.2) is 0 Å². The van der Waals surface area contributed by atoms with E-state index in [1.165, 1.54) is 51.5 Å². The molecule has 1 unspecified atom stereocenters. The highest BCUT2D eigenvalue weighted by atomic mass is 14.9. The maximum absolute atomic E-state index is 3.80. The zero-order valence-electron chi connectivity index (χ0n) is 10.9. The molecule has 1 aliphatic rings. The van der Waals surface area contributed by atoms with E-state index in [-0.39, 0.29) is 0 Å². The van der Waals surface area contributed by atoms with Gasteiger partial charge in [0.15, 0.2) is 0 Å². The maximum atomic E-state index is 3.80. The SMILES string of the molecule is CCCNC(C(CCC)CCC)C1CC1. The predicted molar refractivity (Wildman–Crippen MR) is 68.1 cm³/mol. The molecule has 1 nitrogen and oxygen atoms in total. The second-order valence-electron chi connectivity index (χ2n) is 5.15.